The van der Waals surface area contributed by atoms with E-state index in [1.807, 2.05) is 31.2 Å². The Bertz CT molecular complexity index is 3570. The van der Waals surface area contributed by atoms with Gasteiger partial charge in [-0.05, 0) is 284 Å². The molecule has 0 radical (unpaired) electrons. The maximum absolute atomic E-state index is 5.91. The molecular weight excluding hydrogens is 1400 g/mol. The van der Waals surface area contributed by atoms with Gasteiger partial charge in [-0.25, -0.2) is 0 Å². The summed E-state index contributed by atoms with van der Waals surface area (Å²) in [6.45, 7) is 40.2. The van der Waals surface area contributed by atoms with Crippen LogP contribution in [0.25, 0.3) is 21.5 Å². The normalized spacial score (nSPS) is 13.2. The average molecular weight is 1540 g/mol. The van der Waals surface area contributed by atoms with Gasteiger partial charge in [0.05, 0.1) is 28.4 Å². The Balaban J connectivity index is 0.00000170. The number of halogens is 2. The van der Waals surface area contributed by atoms with Crippen molar-refractivity contribution in [1.82, 2.24) is 0 Å². The van der Waals surface area contributed by atoms with Gasteiger partial charge in [-0.2, -0.15) is 0 Å². The van der Waals surface area contributed by atoms with E-state index in [1.54, 1.807) is 28.4 Å². The van der Waals surface area contributed by atoms with E-state index in [2.05, 4.69) is 249 Å². The molecule has 0 aromatic heterocycles. The fourth-order valence-electron chi connectivity index (χ4n) is 12.4. The summed E-state index contributed by atoms with van der Waals surface area (Å²) in [6.07, 6.45) is 62.4. The standard InChI is InChI=1S/C48H70O2.C35H57Br.C13H13O2.BrH.Mg/c1-36(2)20-14-21-37(3)22-15-23-38(4)24-16-25-39(5)26-17-27-40(6)28-18-29-41(7)30-19-31-42(8)34-35-44-43(9)47(49-10)45-32-12-13-33-46(45)48(44)50-11;1-29(2)15-9-16-30(3)17-10-18-31(4)19-11-20-32(5)21-12-22-33(6)23-13-24-34(7)25-14-26-35(8)27-28-36;1-9-8-12(14-2)10-6-4-5-7-11(10)13(9)15-3;;/h12-13,20,22,24,26,28,30,32-34H,14-19,21,23,25,27,29,31,35H2,1-11H3;15,17,19,21,23,25,27H,9-14,16,18,20,22,24,26,28H2,1-8H3;4-7H,1-3H3;1H;/q;;-1;;+2/p-1/b37-22+,38-24+,39-26+,40-28+,41-30+,42-34+;30-17+,31-19+,32-21+,33-23+,34-25+,35-27+;;;. The van der Waals surface area contributed by atoms with Crippen LogP contribution < -0.4 is 35.9 Å². The number of fused-ring (bicyclic) bond motifs is 2. The van der Waals surface area contributed by atoms with Crippen LogP contribution in [0, 0.1) is 19.9 Å². The molecule has 4 aromatic rings. The van der Waals surface area contributed by atoms with Crippen molar-refractivity contribution in [2.24, 2.45) is 0 Å². The molecule has 4 rings (SSSR count). The molecule has 564 valence electrons. The van der Waals surface area contributed by atoms with Crippen molar-refractivity contribution in [3.8, 4) is 23.0 Å². The molecule has 0 aliphatic heterocycles. The van der Waals surface area contributed by atoms with Gasteiger partial charge in [-0.3, -0.25) is 0 Å². The number of hydrogen-bond donors (Lipinski definition) is 0. The van der Waals surface area contributed by atoms with Crippen LogP contribution in [0.4, 0.5) is 0 Å². The van der Waals surface area contributed by atoms with Gasteiger partial charge < -0.3 is 35.9 Å². The molecule has 0 spiro atoms. The maximum atomic E-state index is 5.91. The van der Waals surface area contributed by atoms with Gasteiger partial charge in [0.2, 0.25) is 0 Å². The summed E-state index contributed by atoms with van der Waals surface area (Å²) < 4.78 is 22.4. The summed E-state index contributed by atoms with van der Waals surface area (Å²) in [6, 6.07) is 19.5. The quantitative estimate of drug-likeness (QED) is 0.0192. The van der Waals surface area contributed by atoms with E-state index in [9.17, 15) is 0 Å². The molecule has 4 nitrogen and oxygen atoms in total. The van der Waals surface area contributed by atoms with E-state index >= 15 is 0 Å². The van der Waals surface area contributed by atoms with Gasteiger partial charge in [0, 0.05) is 33.2 Å². The fraction of sp³-hybridized carbons (Fsp3) is 0.500. The van der Waals surface area contributed by atoms with Crippen LogP contribution in [0.2, 0.25) is 0 Å². The molecule has 0 saturated carbocycles. The third-order valence-corrected chi connectivity index (χ3v) is 19.3. The zero-order chi connectivity index (χ0) is 74.9. The molecule has 0 fully saturated rings. The second-order valence-corrected chi connectivity index (χ2v) is 29.7. The molecule has 0 N–H and O–H groups in total. The Labute approximate surface area is 667 Å². The molecule has 0 unspecified atom stereocenters. The Morgan fingerprint density at radius 3 is 0.796 bits per heavy atom. The van der Waals surface area contributed by atoms with Crippen LogP contribution in [0.3, 0.4) is 0 Å². The number of methoxy groups -OCH3 is 4. The van der Waals surface area contributed by atoms with Crippen molar-refractivity contribution in [3.05, 3.63) is 234 Å². The minimum atomic E-state index is 0. The SMILES string of the molecule is CC(C)=CCC/C(C)=C/CC/C(C)=C/CC/C(C)=C/CC/C(C)=C/CC/C(C)=C/CC/C(C)=C/CBr.COc1[c-]c(C)c(OC)c2ccccc12.COc1c(C)c(C/C=C(\C)CC/C=C(\C)CC/C=C(\C)CC/C=C(\C)CC/C=C(\C)CC/C=C(\C)CCC=C(C)C)c(OC)c2ccccc12.[Br-].[Mg+2]. The topological polar surface area (TPSA) is 36.9 Å². The van der Waals surface area contributed by atoms with Crippen molar-refractivity contribution in [1.29, 1.82) is 0 Å². The predicted octanol–water partition coefficient (Wildman–Crippen LogP) is 27.3. The zero-order valence-electron chi connectivity index (χ0n) is 69.2. The van der Waals surface area contributed by atoms with E-state index in [0.29, 0.717) is 0 Å². The summed E-state index contributed by atoms with van der Waals surface area (Å²) in [7, 11) is 6.86. The van der Waals surface area contributed by atoms with Crippen molar-refractivity contribution in [2.45, 2.75) is 285 Å². The molecule has 0 amide bonds. The Kier molecular flexibility index (Phi) is 55.8. The summed E-state index contributed by atoms with van der Waals surface area (Å²) in [5.41, 5.74) is 24.3. The second kappa shape index (κ2) is 58.8. The molecule has 0 heterocycles. The van der Waals surface area contributed by atoms with Crippen LogP contribution in [-0.4, -0.2) is 56.8 Å². The average Bonchev–Trinajstić information content (AvgIpc) is 0.780. The number of hydrogen-bond acceptors (Lipinski definition) is 4. The predicted molar refractivity (Wildman–Crippen MR) is 460 cm³/mol. The number of allylic oxidation sites excluding steroid dienone is 28. The van der Waals surface area contributed by atoms with Crippen molar-refractivity contribution in [2.75, 3.05) is 33.8 Å². The van der Waals surface area contributed by atoms with Crippen LogP contribution in [0.15, 0.2) is 212 Å². The Morgan fingerprint density at radius 1 is 0.311 bits per heavy atom. The number of aryl methyl sites for hydroxylation is 1. The van der Waals surface area contributed by atoms with E-state index in [0.717, 1.165) is 125 Å². The zero-order valence-corrected chi connectivity index (χ0v) is 73.8. The monoisotopic (exact) mass is 1540 g/mol. The maximum Gasteiger partial charge on any atom is 2.00 e. The first-order valence-electron chi connectivity index (χ1n) is 38.2. The van der Waals surface area contributed by atoms with Crippen LogP contribution >= 0.6 is 15.9 Å². The third-order valence-electron chi connectivity index (χ3n) is 18.9. The summed E-state index contributed by atoms with van der Waals surface area (Å²) in [5.74, 6) is 3.54. The third kappa shape index (κ3) is 43.8. The minimum Gasteiger partial charge on any atom is -1.00 e. The first-order chi connectivity index (χ1) is 48.4. The Morgan fingerprint density at radius 2 is 0.544 bits per heavy atom. The van der Waals surface area contributed by atoms with Crippen LogP contribution in [0.5, 0.6) is 23.0 Å². The van der Waals surface area contributed by atoms with Crippen LogP contribution in [-0.2, 0) is 6.42 Å². The van der Waals surface area contributed by atoms with Crippen molar-refractivity contribution < 1.29 is 35.9 Å². The molecule has 0 bridgehead atoms. The van der Waals surface area contributed by atoms with E-state index in [1.165, 1.54) is 180 Å². The summed E-state index contributed by atoms with van der Waals surface area (Å²) in [5, 5.41) is 5.27. The number of ether oxygens (including phenoxy) is 4. The second-order valence-electron chi connectivity index (χ2n) is 29.1. The van der Waals surface area contributed by atoms with Crippen molar-refractivity contribution in [3.63, 3.8) is 0 Å². The van der Waals surface area contributed by atoms with Gasteiger partial charge in [0.25, 0.3) is 0 Å². The molecule has 4 aromatic carbocycles. The molecular formula is C96H140Br2MgO4. The van der Waals surface area contributed by atoms with Gasteiger partial charge in [-0.1, -0.05) is 239 Å². The molecule has 0 aliphatic carbocycles. The van der Waals surface area contributed by atoms with Gasteiger partial charge in [0.15, 0.2) is 0 Å². The number of rotatable bonds is 43. The first kappa shape index (κ1) is 97.7. The van der Waals surface area contributed by atoms with Crippen molar-refractivity contribution >= 4 is 60.5 Å². The van der Waals surface area contributed by atoms with E-state index < -0.39 is 0 Å². The fourth-order valence-corrected chi connectivity index (χ4v) is 12.9. The molecule has 0 aliphatic rings. The summed E-state index contributed by atoms with van der Waals surface area (Å²) in [4.78, 5) is 0. The Hall–Kier alpha value is -5.31. The van der Waals surface area contributed by atoms with Gasteiger partial charge in [0.1, 0.15) is 11.5 Å². The molecule has 0 atom stereocenters. The van der Waals surface area contributed by atoms with E-state index in [4.69, 9.17) is 18.9 Å². The van der Waals surface area contributed by atoms with E-state index in [-0.39, 0.29) is 40.0 Å². The van der Waals surface area contributed by atoms with Crippen LogP contribution in [0.1, 0.15) is 282 Å². The summed E-state index contributed by atoms with van der Waals surface area (Å²) >= 11 is 3.47. The largest absolute Gasteiger partial charge is 2.00 e. The first-order valence-corrected chi connectivity index (χ1v) is 39.3. The van der Waals surface area contributed by atoms with Gasteiger partial charge >= 0.3 is 23.1 Å². The minimum absolute atomic E-state index is 0. The molecule has 103 heavy (non-hydrogen) atoms. The smallest absolute Gasteiger partial charge is 1.00 e. The molecule has 7 heteroatoms. The number of benzene rings is 4. The number of alkyl halides is 1. The van der Waals surface area contributed by atoms with Gasteiger partial charge in [-0.15, -0.1) is 17.7 Å². The molecule has 0 saturated heterocycles.